The lowest BCUT2D eigenvalue weighted by molar-refractivity contribution is -0.0189. The molecule has 88 valence electrons. The van der Waals surface area contributed by atoms with Crippen LogP contribution in [-0.4, -0.2) is 63.5 Å². The number of amides is 1. The molecule has 2 N–H and O–H groups in total. The topological polar surface area (TPSA) is 91.3 Å². The van der Waals surface area contributed by atoms with Gasteiger partial charge in [-0.3, -0.25) is 9.89 Å². The molecule has 1 unspecified atom stereocenters. The number of H-pyrrole nitrogens is 1. The Morgan fingerprint density at radius 2 is 2.56 bits per heavy atom. The lowest BCUT2D eigenvalue weighted by Gasteiger charge is -2.33. The predicted molar refractivity (Wildman–Crippen MR) is 53.8 cm³/mol. The minimum absolute atomic E-state index is 0.116. The predicted octanol–water partition coefficient (Wildman–Crippen LogP) is -1.05. The second-order valence-corrected chi connectivity index (χ2v) is 3.65. The fourth-order valence-corrected chi connectivity index (χ4v) is 1.64. The summed E-state index contributed by atoms with van der Waals surface area (Å²) in [5, 5.41) is 15.6. The van der Waals surface area contributed by atoms with Gasteiger partial charge in [0.2, 0.25) is 5.82 Å². The number of carbonyl (C=O) groups is 1. The highest BCUT2D eigenvalue weighted by atomic mass is 16.5. The number of morpholine rings is 1. The van der Waals surface area contributed by atoms with E-state index in [0.717, 1.165) is 0 Å². The van der Waals surface area contributed by atoms with Crippen molar-refractivity contribution < 1.29 is 14.6 Å². The van der Waals surface area contributed by atoms with E-state index in [-0.39, 0.29) is 24.4 Å². The number of aryl methyl sites for hydroxylation is 1. The third-order valence-corrected chi connectivity index (χ3v) is 2.49. The van der Waals surface area contributed by atoms with Crippen LogP contribution in [0, 0.1) is 6.92 Å². The first-order chi connectivity index (χ1) is 7.72. The molecule has 7 nitrogen and oxygen atoms in total. The first-order valence-electron chi connectivity index (χ1n) is 5.11. The Hall–Kier alpha value is -1.47. The van der Waals surface area contributed by atoms with Crippen LogP contribution in [0.4, 0.5) is 0 Å². The molecule has 1 atom stereocenters. The van der Waals surface area contributed by atoms with Crippen molar-refractivity contribution in [2.45, 2.75) is 13.0 Å². The molecule has 1 saturated heterocycles. The summed E-state index contributed by atoms with van der Waals surface area (Å²) in [6, 6.07) is -0.306. The Balaban J connectivity index is 2.13. The van der Waals surface area contributed by atoms with Crippen molar-refractivity contribution in [1.29, 1.82) is 0 Å². The molecular weight excluding hydrogens is 212 g/mol. The number of aliphatic hydroxyl groups is 1. The smallest absolute Gasteiger partial charge is 0.294 e. The molecule has 0 aliphatic carbocycles. The molecule has 1 aliphatic rings. The second kappa shape index (κ2) is 4.58. The van der Waals surface area contributed by atoms with Crippen LogP contribution < -0.4 is 0 Å². The molecule has 0 radical (unpaired) electrons. The molecule has 0 spiro atoms. The lowest BCUT2D eigenvalue weighted by atomic mass is 10.2. The molecule has 0 aromatic carbocycles. The van der Waals surface area contributed by atoms with Crippen molar-refractivity contribution >= 4 is 5.91 Å². The normalized spacial score (nSPS) is 21.1. The zero-order chi connectivity index (χ0) is 11.5. The van der Waals surface area contributed by atoms with Gasteiger partial charge in [-0.1, -0.05) is 0 Å². The number of aromatic nitrogens is 3. The highest BCUT2D eigenvalue weighted by molar-refractivity contribution is 5.90. The van der Waals surface area contributed by atoms with E-state index in [4.69, 9.17) is 9.84 Å². The van der Waals surface area contributed by atoms with Gasteiger partial charge in [0, 0.05) is 6.54 Å². The fraction of sp³-hybridized carbons (Fsp3) is 0.667. The third kappa shape index (κ3) is 2.05. The average molecular weight is 226 g/mol. The summed E-state index contributed by atoms with van der Waals surface area (Å²) in [7, 11) is 0. The van der Waals surface area contributed by atoms with Crippen molar-refractivity contribution in [2.24, 2.45) is 0 Å². The fourth-order valence-electron chi connectivity index (χ4n) is 1.64. The largest absolute Gasteiger partial charge is 0.394 e. The number of hydrogen-bond acceptors (Lipinski definition) is 5. The molecule has 1 aromatic rings. The molecule has 2 heterocycles. The van der Waals surface area contributed by atoms with Gasteiger partial charge in [-0.25, -0.2) is 4.98 Å². The zero-order valence-electron chi connectivity index (χ0n) is 9.01. The Labute approximate surface area is 92.4 Å². The quantitative estimate of drug-likeness (QED) is 0.671. The van der Waals surface area contributed by atoms with Crippen molar-refractivity contribution in [3.05, 3.63) is 11.6 Å². The molecule has 1 aromatic heterocycles. The van der Waals surface area contributed by atoms with Gasteiger partial charge in [-0.2, -0.15) is 0 Å². The standard InChI is InChI=1S/C9H14N4O3/c1-6-10-8(12-11-6)9(15)13-2-3-16-5-7(13)4-14/h7,14H,2-5H2,1H3,(H,10,11,12). The molecule has 7 heteroatoms. The average Bonchev–Trinajstić information content (AvgIpc) is 2.75. The van der Waals surface area contributed by atoms with Crippen LogP contribution in [0.2, 0.25) is 0 Å². The summed E-state index contributed by atoms with van der Waals surface area (Å²) in [6.45, 7) is 2.90. The Kier molecular flexibility index (Phi) is 3.16. The monoisotopic (exact) mass is 226 g/mol. The number of carbonyl (C=O) groups excluding carboxylic acids is 1. The maximum absolute atomic E-state index is 12.0. The van der Waals surface area contributed by atoms with Crippen LogP contribution >= 0.6 is 0 Å². The maximum atomic E-state index is 12.0. The molecule has 1 aliphatic heterocycles. The molecular formula is C9H14N4O3. The second-order valence-electron chi connectivity index (χ2n) is 3.65. The van der Waals surface area contributed by atoms with Crippen molar-refractivity contribution in [3.63, 3.8) is 0 Å². The van der Waals surface area contributed by atoms with Crippen molar-refractivity contribution in [2.75, 3.05) is 26.4 Å². The van der Waals surface area contributed by atoms with Crippen LogP contribution in [0.15, 0.2) is 0 Å². The zero-order valence-corrected chi connectivity index (χ0v) is 9.01. The number of rotatable bonds is 2. The van der Waals surface area contributed by atoms with Crippen molar-refractivity contribution in [3.8, 4) is 0 Å². The van der Waals surface area contributed by atoms with Crippen LogP contribution in [-0.2, 0) is 4.74 Å². The first-order valence-corrected chi connectivity index (χ1v) is 5.11. The summed E-state index contributed by atoms with van der Waals surface area (Å²) in [6.07, 6.45) is 0. The van der Waals surface area contributed by atoms with Gasteiger partial charge in [0.1, 0.15) is 5.82 Å². The number of aliphatic hydroxyl groups excluding tert-OH is 1. The minimum Gasteiger partial charge on any atom is -0.394 e. The van der Waals surface area contributed by atoms with Gasteiger partial charge < -0.3 is 14.7 Å². The van der Waals surface area contributed by atoms with E-state index >= 15 is 0 Å². The van der Waals surface area contributed by atoms with Crippen LogP contribution in [0.5, 0.6) is 0 Å². The van der Waals surface area contributed by atoms with Crippen LogP contribution in [0.25, 0.3) is 0 Å². The lowest BCUT2D eigenvalue weighted by Crippen LogP contribution is -2.50. The highest BCUT2D eigenvalue weighted by Crippen LogP contribution is 2.09. The molecule has 1 amide bonds. The van der Waals surface area contributed by atoms with E-state index in [9.17, 15) is 4.79 Å². The molecule has 2 rings (SSSR count). The van der Waals surface area contributed by atoms with E-state index in [1.165, 1.54) is 0 Å². The maximum Gasteiger partial charge on any atom is 0.294 e. The molecule has 16 heavy (non-hydrogen) atoms. The number of aromatic amines is 1. The minimum atomic E-state index is -0.306. The Morgan fingerprint density at radius 1 is 1.75 bits per heavy atom. The van der Waals surface area contributed by atoms with Crippen LogP contribution in [0.1, 0.15) is 16.4 Å². The number of nitrogens with zero attached hydrogens (tertiary/aromatic N) is 3. The molecule has 1 fully saturated rings. The Morgan fingerprint density at radius 3 is 3.19 bits per heavy atom. The van der Waals surface area contributed by atoms with Gasteiger partial charge in [0.25, 0.3) is 5.91 Å². The van der Waals surface area contributed by atoms with Crippen molar-refractivity contribution in [1.82, 2.24) is 20.1 Å². The van der Waals surface area contributed by atoms with Gasteiger partial charge in [-0.15, -0.1) is 5.10 Å². The van der Waals surface area contributed by atoms with E-state index in [1.807, 2.05) is 0 Å². The summed E-state index contributed by atoms with van der Waals surface area (Å²) in [4.78, 5) is 17.5. The van der Waals surface area contributed by atoms with E-state index < -0.39 is 0 Å². The Bertz CT molecular complexity index is 379. The first kappa shape index (κ1) is 11.0. The molecule has 0 bridgehead atoms. The van der Waals surface area contributed by atoms with Crippen LogP contribution in [0.3, 0.4) is 0 Å². The van der Waals surface area contributed by atoms with Gasteiger partial charge in [0.05, 0.1) is 25.9 Å². The highest BCUT2D eigenvalue weighted by Gasteiger charge is 2.29. The molecule has 0 saturated carbocycles. The summed E-state index contributed by atoms with van der Waals surface area (Å²) >= 11 is 0. The number of hydrogen-bond donors (Lipinski definition) is 2. The SMILES string of the molecule is Cc1nc(C(=O)N2CCOCC2CO)n[nH]1. The summed E-state index contributed by atoms with van der Waals surface area (Å²) in [5.74, 6) is 0.460. The summed E-state index contributed by atoms with van der Waals surface area (Å²) in [5.41, 5.74) is 0. The summed E-state index contributed by atoms with van der Waals surface area (Å²) < 4.78 is 5.19. The van der Waals surface area contributed by atoms with Gasteiger partial charge >= 0.3 is 0 Å². The number of nitrogens with one attached hydrogen (secondary N) is 1. The van der Waals surface area contributed by atoms with E-state index in [1.54, 1.807) is 11.8 Å². The number of ether oxygens (including phenoxy) is 1. The van der Waals surface area contributed by atoms with Gasteiger partial charge in [0.15, 0.2) is 0 Å². The third-order valence-electron chi connectivity index (χ3n) is 2.49. The van der Waals surface area contributed by atoms with Gasteiger partial charge in [-0.05, 0) is 6.92 Å². The van der Waals surface area contributed by atoms with E-state index in [2.05, 4.69) is 15.2 Å². The van der Waals surface area contributed by atoms with E-state index in [0.29, 0.717) is 25.6 Å².